The Hall–Kier alpha value is 0.274. The van der Waals surface area contributed by atoms with Gasteiger partial charge < -0.3 is 19.1 Å². The molecule has 0 amide bonds. The zero-order valence-corrected chi connectivity index (χ0v) is 20.8. The predicted molar refractivity (Wildman–Crippen MR) is 115 cm³/mol. The second-order valence-electron chi connectivity index (χ2n) is 11.3. The fraction of sp³-hybridized carbons (Fsp3) is 1.00. The lowest BCUT2D eigenvalue weighted by molar-refractivity contribution is -0.0183. The molecular formula is C20H44O4Si2. The van der Waals surface area contributed by atoms with E-state index in [2.05, 4.69) is 67.7 Å². The van der Waals surface area contributed by atoms with Gasteiger partial charge in [0.05, 0.1) is 12.2 Å². The van der Waals surface area contributed by atoms with Gasteiger partial charge >= 0.3 is 0 Å². The van der Waals surface area contributed by atoms with Crippen LogP contribution in [0.15, 0.2) is 0 Å². The first-order valence-corrected chi connectivity index (χ1v) is 16.0. The highest BCUT2D eigenvalue weighted by Crippen LogP contribution is 2.40. The summed E-state index contributed by atoms with van der Waals surface area (Å²) in [5.74, 6) is 0. The Labute approximate surface area is 163 Å². The number of hydrogen-bond donors (Lipinski definition) is 2. The molecule has 0 atom stereocenters. The monoisotopic (exact) mass is 404 g/mol. The van der Waals surface area contributed by atoms with Crippen LogP contribution >= 0.6 is 0 Å². The quantitative estimate of drug-likeness (QED) is 0.643. The van der Waals surface area contributed by atoms with Gasteiger partial charge in [0.25, 0.3) is 0 Å². The Kier molecular flexibility index (Phi) is 7.79. The lowest BCUT2D eigenvalue weighted by atomic mass is 9.93. The van der Waals surface area contributed by atoms with Gasteiger partial charge in [-0.3, -0.25) is 0 Å². The average Bonchev–Trinajstić information content (AvgIpc) is 2.32. The van der Waals surface area contributed by atoms with Crippen molar-refractivity contribution in [2.75, 3.05) is 0 Å². The fourth-order valence-electron chi connectivity index (χ4n) is 2.46. The van der Waals surface area contributed by atoms with Crippen molar-refractivity contribution in [2.24, 2.45) is 0 Å². The molecule has 0 radical (unpaired) electrons. The van der Waals surface area contributed by atoms with Crippen molar-refractivity contribution < 1.29 is 19.1 Å². The van der Waals surface area contributed by atoms with E-state index < -0.39 is 16.6 Å². The van der Waals surface area contributed by atoms with Gasteiger partial charge in [0, 0.05) is 12.2 Å². The molecule has 2 aliphatic rings. The minimum Gasteiger partial charge on any atom is -0.414 e. The van der Waals surface area contributed by atoms with E-state index in [9.17, 15) is 0 Å². The summed E-state index contributed by atoms with van der Waals surface area (Å²) in [5, 5.41) is 18.9. The first-order valence-electron chi connectivity index (χ1n) is 10.2. The highest BCUT2D eigenvalue weighted by Gasteiger charge is 2.43. The van der Waals surface area contributed by atoms with E-state index >= 15 is 0 Å². The highest BCUT2D eigenvalue weighted by molar-refractivity contribution is 6.74. The summed E-state index contributed by atoms with van der Waals surface area (Å²) < 4.78 is 12.2. The lowest BCUT2D eigenvalue weighted by Crippen LogP contribution is -2.48. The Morgan fingerprint density at radius 2 is 0.846 bits per heavy atom. The summed E-state index contributed by atoms with van der Waals surface area (Å²) in [5.41, 5.74) is 0. The summed E-state index contributed by atoms with van der Waals surface area (Å²) in [6, 6.07) is 0. The summed E-state index contributed by atoms with van der Waals surface area (Å²) >= 11 is 0. The fourth-order valence-corrected chi connectivity index (χ4v) is 5.21. The number of hydrogen-bond acceptors (Lipinski definition) is 4. The molecule has 6 heteroatoms. The summed E-state index contributed by atoms with van der Waals surface area (Å²) in [4.78, 5) is 0. The number of rotatable bonds is 4. The Morgan fingerprint density at radius 3 is 1.00 bits per heavy atom. The second kappa shape index (κ2) is 8.33. The van der Waals surface area contributed by atoms with E-state index in [1.54, 1.807) is 0 Å². The van der Waals surface area contributed by atoms with Crippen LogP contribution in [0.3, 0.4) is 0 Å². The molecule has 0 bridgehead atoms. The normalized spacial score (nSPS) is 30.0. The van der Waals surface area contributed by atoms with Crippen molar-refractivity contribution in [3.05, 3.63) is 0 Å². The van der Waals surface area contributed by atoms with E-state index in [1.807, 2.05) is 0 Å². The molecule has 2 N–H and O–H groups in total. The first-order chi connectivity index (χ1) is 11.4. The smallest absolute Gasteiger partial charge is 0.192 e. The standard InChI is InChI=1S/2C10H22O2Si/c2*1-10(2,3)13(4,5)12-9-6-8(11)7-9/h2*8-9,11H,6-7H2,1-5H3. The molecule has 0 spiro atoms. The summed E-state index contributed by atoms with van der Waals surface area (Å²) in [6.07, 6.45) is 3.81. The van der Waals surface area contributed by atoms with Crippen LogP contribution in [0, 0.1) is 0 Å². The van der Waals surface area contributed by atoms with Crippen LogP contribution in [0.2, 0.25) is 36.3 Å². The molecule has 0 unspecified atom stereocenters. The predicted octanol–water partition coefficient (Wildman–Crippen LogP) is 5.06. The van der Waals surface area contributed by atoms with Crippen molar-refractivity contribution in [1.82, 2.24) is 0 Å². The van der Waals surface area contributed by atoms with Gasteiger partial charge in [0.15, 0.2) is 16.6 Å². The SMILES string of the molecule is CC(C)(C)[Si](C)(C)OC1CC(O)C1.CC(C)(C)[Si](C)(C)OC1CC(O)C1. The zero-order chi connectivity index (χ0) is 20.6. The van der Waals surface area contributed by atoms with Crippen molar-refractivity contribution in [1.29, 1.82) is 0 Å². The van der Waals surface area contributed by atoms with Crippen LogP contribution in [0.1, 0.15) is 67.2 Å². The van der Waals surface area contributed by atoms with Gasteiger partial charge in [-0.1, -0.05) is 41.5 Å². The Morgan fingerprint density at radius 1 is 0.615 bits per heavy atom. The summed E-state index contributed by atoms with van der Waals surface area (Å²) in [6.45, 7) is 22.5. The number of aliphatic hydroxyl groups is 2. The van der Waals surface area contributed by atoms with E-state index in [-0.39, 0.29) is 22.3 Å². The molecule has 0 aromatic carbocycles. The van der Waals surface area contributed by atoms with Crippen molar-refractivity contribution in [3.8, 4) is 0 Å². The minimum atomic E-state index is -1.58. The molecule has 26 heavy (non-hydrogen) atoms. The van der Waals surface area contributed by atoms with E-state index in [1.165, 1.54) is 0 Å². The topological polar surface area (TPSA) is 58.9 Å². The third-order valence-corrected chi connectivity index (χ3v) is 15.7. The van der Waals surface area contributed by atoms with Gasteiger partial charge in [-0.2, -0.15) is 0 Å². The van der Waals surface area contributed by atoms with Crippen molar-refractivity contribution >= 4 is 16.6 Å². The molecule has 0 aliphatic heterocycles. The van der Waals surface area contributed by atoms with Crippen molar-refractivity contribution in [2.45, 2.75) is 128 Å². The van der Waals surface area contributed by atoms with Crippen LogP contribution in [-0.2, 0) is 8.85 Å². The molecule has 4 nitrogen and oxygen atoms in total. The largest absolute Gasteiger partial charge is 0.414 e. The van der Waals surface area contributed by atoms with E-state index in [0.717, 1.165) is 25.7 Å². The molecule has 0 aromatic heterocycles. The van der Waals surface area contributed by atoms with Gasteiger partial charge in [-0.05, 0) is 61.9 Å². The molecule has 2 fully saturated rings. The molecular weight excluding hydrogens is 360 g/mol. The molecule has 0 heterocycles. The maximum absolute atomic E-state index is 9.15. The van der Waals surface area contributed by atoms with Crippen LogP contribution in [0.4, 0.5) is 0 Å². The number of aliphatic hydroxyl groups excluding tert-OH is 2. The molecule has 2 saturated carbocycles. The van der Waals surface area contributed by atoms with E-state index in [4.69, 9.17) is 19.1 Å². The van der Waals surface area contributed by atoms with E-state index in [0.29, 0.717) is 12.2 Å². The Bertz CT molecular complexity index is 398. The lowest BCUT2D eigenvalue weighted by Gasteiger charge is -2.43. The molecule has 0 saturated heterocycles. The maximum Gasteiger partial charge on any atom is 0.192 e. The molecule has 2 rings (SSSR count). The third kappa shape index (κ3) is 6.71. The van der Waals surface area contributed by atoms with Crippen LogP contribution in [0.5, 0.6) is 0 Å². The van der Waals surface area contributed by atoms with Gasteiger partial charge in [-0.25, -0.2) is 0 Å². The second-order valence-corrected chi connectivity index (χ2v) is 20.8. The van der Waals surface area contributed by atoms with Gasteiger partial charge in [-0.15, -0.1) is 0 Å². The van der Waals surface area contributed by atoms with Crippen LogP contribution in [-0.4, -0.2) is 51.3 Å². The molecule has 0 aromatic rings. The minimum absolute atomic E-state index is 0.102. The third-order valence-electron chi connectivity index (χ3n) is 6.67. The Balaban J connectivity index is 0.000000260. The summed E-state index contributed by atoms with van der Waals surface area (Å²) in [7, 11) is -3.16. The van der Waals surface area contributed by atoms with Gasteiger partial charge in [0.1, 0.15) is 0 Å². The maximum atomic E-state index is 9.15. The molecule has 2 aliphatic carbocycles. The van der Waals surface area contributed by atoms with Crippen LogP contribution < -0.4 is 0 Å². The average molecular weight is 405 g/mol. The zero-order valence-electron chi connectivity index (χ0n) is 18.8. The highest BCUT2D eigenvalue weighted by atomic mass is 28.4. The van der Waals surface area contributed by atoms with Crippen molar-refractivity contribution in [3.63, 3.8) is 0 Å². The molecule has 156 valence electrons. The first kappa shape index (κ1) is 24.3. The van der Waals surface area contributed by atoms with Gasteiger partial charge in [0.2, 0.25) is 0 Å². The van der Waals surface area contributed by atoms with Crippen LogP contribution in [0.25, 0.3) is 0 Å².